The van der Waals surface area contributed by atoms with E-state index in [0.29, 0.717) is 12.4 Å². The number of fused-ring (bicyclic) bond motifs is 1. The first-order valence-electron chi connectivity index (χ1n) is 13.5. The highest BCUT2D eigenvalue weighted by atomic mass is 19.1. The minimum atomic E-state index is -0.835. The molecule has 1 aromatic carbocycles. The molecule has 9 nitrogen and oxygen atoms in total. The van der Waals surface area contributed by atoms with E-state index in [1.165, 1.54) is 12.1 Å². The molecular formula is C29H33BFN7O2. The summed E-state index contributed by atoms with van der Waals surface area (Å²) >= 11 is 0. The summed E-state index contributed by atoms with van der Waals surface area (Å²) < 4.78 is 27.7. The van der Waals surface area contributed by atoms with Gasteiger partial charge in [0.1, 0.15) is 17.7 Å². The Morgan fingerprint density at radius 3 is 2.30 bits per heavy atom. The van der Waals surface area contributed by atoms with Crippen LogP contribution in [-0.4, -0.2) is 56.0 Å². The number of aromatic nitrogens is 5. The van der Waals surface area contributed by atoms with Crippen LogP contribution < -0.4 is 16.1 Å². The van der Waals surface area contributed by atoms with Crippen LogP contribution in [0.25, 0.3) is 11.1 Å². The Bertz CT molecular complexity index is 1570. The van der Waals surface area contributed by atoms with Crippen molar-refractivity contribution in [3.8, 4) is 0 Å². The normalized spacial score (nSPS) is 20.0. The zero-order chi connectivity index (χ0) is 28.3. The van der Waals surface area contributed by atoms with Gasteiger partial charge in [0.25, 0.3) is 0 Å². The van der Waals surface area contributed by atoms with Gasteiger partial charge >= 0.3 is 7.12 Å². The molecule has 11 heteroatoms. The topological polar surface area (TPSA) is 104 Å². The SMILES string of the molecule is CC(N)(c1ccc(F)cc1)c1cnc(C2=CCN(c3ncnn4cc(B5OC(C)(C)C(C)(C)O5)cc34)CC2)nc1. The van der Waals surface area contributed by atoms with E-state index in [9.17, 15) is 4.39 Å². The molecule has 1 saturated heterocycles. The van der Waals surface area contributed by atoms with Crippen LogP contribution in [0.15, 0.2) is 61.3 Å². The standard InChI is InChI=1S/C29H33BFN7O2/c1-27(2)28(3,4)40-30(39-27)22-14-24-26(35-18-36-38(24)17-22)37-12-10-19(11-13-37)25-33-15-21(16-34-25)29(5,32)20-6-8-23(31)9-7-20/h6-10,14-18H,11-13,32H2,1-5H3. The number of anilines is 1. The minimum Gasteiger partial charge on any atom is -0.399 e. The first-order valence-corrected chi connectivity index (χ1v) is 13.5. The summed E-state index contributed by atoms with van der Waals surface area (Å²) in [5, 5.41) is 4.42. The van der Waals surface area contributed by atoms with Gasteiger partial charge in [-0.15, -0.1) is 0 Å². The van der Waals surface area contributed by atoms with Gasteiger partial charge in [0.05, 0.1) is 16.7 Å². The monoisotopic (exact) mass is 541 g/mol. The summed E-state index contributed by atoms with van der Waals surface area (Å²) in [4.78, 5) is 16.1. The third-order valence-corrected chi connectivity index (χ3v) is 8.42. The minimum absolute atomic E-state index is 0.297. The molecule has 0 amide bonds. The first-order chi connectivity index (χ1) is 18.9. The van der Waals surface area contributed by atoms with Crippen molar-refractivity contribution in [2.75, 3.05) is 18.0 Å². The third kappa shape index (κ3) is 4.57. The molecule has 2 aliphatic heterocycles. The fraction of sp³-hybridized carbons (Fsp3) is 0.379. The molecule has 2 aliphatic rings. The lowest BCUT2D eigenvalue weighted by Gasteiger charge is -2.32. The van der Waals surface area contributed by atoms with E-state index in [2.05, 4.69) is 31.0 Å². The molecule has 1 unspecified atom stereocenters. The first kappa shape index (κ1) is 26.6. The molecule has 1 fully saturated rings. The Balaban J connectivity index is 1.19. The van der Waals surface area contributed by atoms with Crippen LogP contribution in [0.2, 0.25) is 0 Å². The molecule has 206 valence electrons. The van der Waals surface area contributed by atoms with Crippen molar-refractivity contribution in [1.29, 1.82) is 0 Å². The van der Waals surface area contributed by atoms with Crippen LogP contribution >= 0.6 is 0 Å². The molecule has 0 saturated carbocycles. The highest BCUT2D eigenvalue weighted by molar-refractivity contribution is 6.62. The average molecular weight is 541 g/mol. The van der Waals surface area contributed by atoms with E-state index in [0.717, 1.165) is 46.5 Å². The van der Waals surface area contributed by atoms with Gasteiger partial charge in [0.2, 0.25) is 0 Å². The molecule has 4 aromatic rings. The Labute approximate surface area is 233 Å². The van der Waals surface area contributed by atoms with E-state index in [1.807, 2.05) is 51.4 Å². The van der Waals surface area contributed by atoms with Crippen molar-refractivity contribution in [2.24, 2.45) is 5.73 Å². The predicted octanol–water partition coefficient (Wildman–Crippen LogP) is 3.47. The van der Waals surface area contributed by atoms with Gasteiger partial charge in [0, 0.05) is 42.7 Å². The van der Waals surface area contributed by atoms with Crippen molar-refractivity contribution in [3.63, 3.8) is 0 Å². The third-order valence-electron chi connectivity index (χ3n) is 8.42. The second-order valence-electron chi connectivity index (χ2n) is 11.7. The number of benzene rings is 1. The molecule has 0 radical (unpaired) electrons. The van der Waals surface area contributed by atoms with Crippen molar-refractivity contribution >= 4 is 29.5 Å². The van der Waals surface area contributed by atoms with E-state index >= 15 is 0 Å². The number of nitrogens with two attached hydrogens (primary N) is 1. The molecule has 40 heavy (non-hydrogen) atoms. The zero-order valence-electron chi connectivity index (χ0n) is 23.4. The summed E-state index contributed by atoms with van der Waals surface area (Å²) in [7, 11) is -0.467. The lowest BCUT2D eigenvalue weighted by Crippen LogP contribution is -2.41. The number of halogens is 1. The summed E-state index contributed by atoms with van der Waals surface area (Å²) in [6, 6.07) is 8.24. The quantitative estimate of drug-likeness (QED) is 0.383. The molecule has 0 aliphatic carbocycles. The van der Waals surface area contributed by atoms with Crippen molar-refractivity contribution < 1.29 is 13.7 Å². The maximum atomic E-state index is 13.4. The molecule has 3 aromatic heterocycles. The lowest BCUT2D eigenvalue weighted by molar-refractivity contribution is 0.00578. The summed E-state index contributed by atoms with van der Waals surface area (Å²) in [6.45, 7) is 11.5. The molecule has 2 N–H and O–H groups in total. The van der Waals surface area contributed by atoms with Crippen LogP contribution in [0.5, 0.6) is 0 Å². The Morgan fingerprint density at radius 1 is 1.00 bits per heavy atom. The van der Waals surface area contributed by atoms with E-state index < -0.39 is 23.9 Å². The van der Waals surface area contributed by atoms with Gasteiger partial charge in [0.15, 0.2) is 11.6 Å². The number of nitrogens with zero attached hydrogens (tertiary/aromatic N) is 6. The molecular weight excluding hydrogens is 508 g/mol. The van der Waals surface area contributed by atoms with Crippen LogP contribution in [0.4, 0.5) is 10.2 Å². The van der Waals surface area contributed by atoms with Gasteiger partial charge in [-0.3, -0.25) is 0 Å². The van der Waals surface area contributed by atoms with E-state index in [-0.39, 0.29) is 5.82 Å². The number of rotatable bonds is 5. The second kappa shape index (κ2) is 9.47. The van der Waals surface area contributed by atoms with Crippen LogP contribution in [-0.2, 0) is 14.8 Å². The van der Waals surface area contributed by atoms with Crippen molar-refractivity contribution in [2.45, 2.75) is 57.8 Å². The van der Waals surface area contributed by atoms with Gasteiger partial charge < -0.3 is 19.9 Å². The predicted molar refractivity (Wildman–Crippen MR) is 153 cm³/mol. The van der Waals surface area contributed by atoms with E-state index in [4.69, 9.17) is 15.0 Å². The van der Waals surface area contributed by atoms with E-state index in [1.54, 1.807) is 30.9 Å². The second-order valence-corrected chi connectivity index (χ2v) is 11.7. The smallest absolute Gasteiger partial charge is 0.399 e. The lowest BCUT2D eigenvalue weighted by atomic mass is 9.81. The highest BCUT2D eigenvalue weighted by Crippen LogP contribution is 2.37. The van der Waals surface area contributed by atoms with Crippen LogP contribution in [0, 0.1) is 5.82 Å². The Hall–Kier alpha value is -3.67. The van der Waals surface area contributed by atoms with Gasteiger partial charge in [-0.1, -0.05) is 18.2 Å². The summed E-state index contributed by atoms with van der Waals surface area (Å²) in [5.74, 6) is 1.23. The molecule has 0 spiro atoms. The molecule has 5 heterocycles. The number of hydrogen-bond acceptors (Lipinski definition) is 8. The largest absolute Gasteiger partial charge is 0.496 e. The zero-order valence-corrected chi connectivity index (χ0v) is 23.4. The number of hydrogen-bond donors (Lipinski definition) is 1. The van der Waals surface area contributed by atoms with Gasteiger partial charge in [-0.05, 0) is 70.4 Å². The Morgan fingerprint density at radius 2 is 1.68 bits per heavy atom. The van der Waals surface area contributed by atoms with Gasteiger partial charge in [-0.25, -0.2) is 23.9 Å². The summed E-state index contributed by atoms with van der Waals surface area (Å²) in [5.41, 5.74) is 9.34. The fourth-order valence-electron chi connectivity index (χ4n) is 5.08. The van der Waals surface area contributed by atoms with Crippen LogP contribution in [0.3, 0.4) is 0 Å². The highest BCUT2D eigenvalue weighted by Gasteiger charge is 2.52. The fourth-order valence-corrected chi connectivity index (χ4v) is 5.08. The summed E-state index contributed by atoms with van der Waals surface area (Å²) in [6.07, 6.45) is 9.92. The molecule has 0 bridgehead atoms. The molecule has 6 rings (SSSR count). The van der Waals surface area contributed by atoms with Crippen molar-refractivity contribution in [1.82, 2.24) is 24.6 Å². The molecule has 1 atom stereocenters. The van der Waals surface area contributed by atoms with Crippen LogP contribution in [0.1, 0.15) is 58.0 Å². The van der Waals surface area contributed by atoms with Gasteiger partial charge in [-0.2, -0.15) is 5.10 Å². The Kier molecular flexibility index (Phi) is 6.28. The van der Waals surface area contributed by atoms with Crippen molar-refractivity contribution in [3.05, 3.63) is 84.1 Å². The maximum Gasteiger partial charge on any atom is 0.496 e. The average Bonchev–Trinajstić information content (AvgIpc) is 3.46. The maximum absolute atomic E-state index is 13.4.